The van der Waals surface area contributed by atoms with E-state index in [9.17, 15) is 9.59 Å². The van der Waals surface area contributed by atoms with Crippen molar-refractivity contribution in [1.29, 1.82) is 0 Å². The molecule has 0 radical (unpaired) electrons. The fourth-order valence-electron chi connectivity index (χ4n) is 1.17. The number of esters is 2. The van der Waals surface area contributed by atoms with Gasteiger partial charge in [0, 0.05) is 0 Å². The van der Waals surface area contributed by atoms with E-state index in [4.69, 9.17) is 4.74 Å². The second-order valence-corrected chi connectivity index (χ2v) is 4.96. The number of hydrogen-bond donors (Lipinski definition) is 0. The molecule has 0 aromatic heterocycles. The summed E-state index contributed by atoms with van der Waals surface area (Å²) in [5, 5.41) is 0. The summed E-state index contributed by atoms with van der Waals surface area (Å²) < 4.78 is 9.41. The molecule has 0 atom stereocenters. The third kappa shape index (κ3) is 9.49. The third-order valence-corrected chi connectivity index (χ3v) is 2.10. The lowest BCUT2D eigenvalue weighted by Crippen LogP contribution is -2.11. The highest BCUT2D eigenvalue weighted by Gasteiger charge is 2.11. The molecule has 0 aromatic carbocycles. The average molecular weight is 230 g/mol. The summed E-state index contributed by atoms with van der Waals surface area (Å²) in [6, 6.07) is 0. The minimum atomic E-state index is -0.383. The van der Waals surface area contributed by atoms with Crippen LogP contribution in [-0.2, 0) is 19.1 Å². The second-order valence-electron chi connectivity index (χ2n) is 4.96. The van der Waals surface area contributed by atoms with Crippen LogP contribution < -0.4 is 0 Å². The predicted octanol–water partition coefficient (Wildman–Crippen LogP) is 2.31. The number of carbonyl (C=O) groups is 2. The van der Waals surface area contributed by atoms with E-state index in [0.717, 1.165) is 12.8 Å². The fourth-order valence-corrected chi connectivity index (χ4v) is 1.17. The Morgan fingerprint density at radius 3 is 2.12 bits per heavy atom. The Balaban J connectivity index is 3.48. The molecule has 0 heterocycles. The minimum absolute atomic E-state index is 0.0919. The molecule has 0 N–H and O–H groups in total. The van der Waals surface area contributed by atoms with Crippen LogP contribution in [0.1, 0.15) is 46.5 Å². The topological polar surface area (TPSA) is 52.6 Å². The van der Waals surface area contributed by atoms with E-state index >= 15 is 0 Å². The van der Waals surface area contributed by atoms with Crippen LogP contribution in [0.15, 0.2) is 0 Å². The Labute approximate surface area is 97.3 Å². The van der Waals surface area contributed by atoms with Gasteiger partial charge in [-0.2, -0.15) is 0 Å². The Kier molecular flexibility index (Phi) is 6.77. The molecule has 0 saturated carbocycles. The highest BCUT2D eigenvalue weighted by molar-refractivity contribution is 5.77. The normalized spacial score (nSPS) is 11.0. The average Bonchev–Trinajstić information content (AvgIpc) is 2.19. The Morgan fingerprint density at radius 2 is 1.62 bits per heavy atom. The summed E-state index contributed by atoms with van der Waals surface area (Å²) in [7, 11) is 1.30. The molecule has 0 amide bonds. The quantitative estimate of drug-likeness (QED) is 0.519. The summed E-state index contributed by atoms with van der Waals surface area (Å²) in [6.07, 6.45) is 2.06. The van der Waals surface area contributed by atoms with Crippen molar-refractivity contribution in [3.05, 3.63) is 0 Å². The van der Waals surface area contributed by atoms with E-state index in [1.54, 1.807) is 0 Å². The zero-order chi connectivity index (χ0) is 12.6. The first-order valence-electron chi connectivity index (χ1n) is 5.57. The summed E-state index contributed by atoms with van der Waals surface area (Å²) in [4.78, 5) is 21.9. The molecule has 0 aliphatic rings. The van der Waals surface area contributed by atoms with Gasteiger partial charge in [-0.1, -0.05) is 20.8 Å². The van der Waals surface area contributed by atoms with Gasteiger partial charge < -0.3 is 9.47 Å². The van der Waals surface area contributed by atoms with Crippen LogP contribution in [0.4, 0.5) is 0 Å². The standard InChI is InChI=1S/C12H22O4/c1-12(2,3)8-5-9-16-11(14)7-6-10(13)15-4/h5-9H2,1-4H3. The van der Waals surface area contributed by atoms with Gasteiger partial charge in [0.1, 0.15) is 0 Å². The first-order valence-corrected chi connectivity index (χ1v) is 5.57. The highest BCUT2D eigenvalue weighted by atomic mass is 16.5. The van der Waals surface area contributed by atoms with Crippen molar-refractivity contribution in [2.75, 3.05) is 13.7 Å². The van der Waals surface area contributed by atoms with E-state index in [0.29, 0.717) is 6.61 Å². The molecule has 4 heteroatoms. The van der Waals surface area contributed by atoms with Crippen LogP contribution in [0.3, 0.4) is 0 Å². The van der Waals surface area contributed by atoms with Crippen molar-refractivity contribution in [3.8, 4) is 0 Å². The van der Waals surface area contributed by atoms with Crippen LogP contribution >= 0.6 is 0 Å². The van der Waals surface area contributed by atoms with Gasteiger partial charge in [0.05, 0.1) is 26.6 Å². The van der Waals surface area contributed by atoms with Gasteiger partial charge in [-0.05, 0) is 18.3 Å². The van der Waals surface area contributed by atoms with Gasteiger partial charge in [0.2, 0.25) is 0 Å². The van der Waals surface area contributed by atoms with Crippen molar-refractivity contribution < 1.29 is 19.1 Å². The lowest BCUT2D eigenvalue weighted by atomic mass is 9.91. The number of carbonyl (C=O) groups excluding carboxylic acids is 2. The van der Waals surface area contributed by atoms with E-state index in [1.165, 1.54) is 7.11 Å². The third-order valence-electron chi connectivity index (χ3n) is 2.10. The molecule has 0 fully saturated rings. The maximum atomic E-state index is 11.2. The minimum Gasteiger partial charge on any atom is -0.469 e. The SMILES string of the molecule is COC(=O)CCC(=O)OCCCC(C)(C)C. The van der Waals surface area contributed by atoms with Gasteiger partial charge in [0.25, 0.3) is 0 Å². The summed E-state index contributed by atoms with van der Waals surface area (Å²) in [5.74, 6) is -0.717. The maximum Gasteiger partial charge on any atom is 0.306 e. The Hall–Kier alpha value is -1.06. The van der Waals surface area contributed by atoms with Crippen molar-refractivity contribution >= 4 is 11.9 Å². The molecule has 94 valence electrons. The molecule has 0 unspecified atom stereocenters. The number of methoxy groups -OCH3 is 1. The predicted molar refractivity (Wildman–Crippen MR) is 60.9 cm³/mol. The van der Waals surface area contributed by atoms with Gasteiger partial charge in [0.15, 0.2) is 0 Å². The van der Waals surface area contributed by atoms with Gasteiger partial charge in [-0.25, -0.2) is 0 Å². The van der Waals surface area contributed by atoms with Crippen molar-refractivity contribution in [2.24, 2.45) is 5.41 Å². The van der Waals surface area contributed by atoms with Gasteiger partial charge in [-0.3, -0.25) is 9.59 Å². The van der Waals surface area contributed by atoms with E-state index in [2.05, 4.69) is 25.5 Å². The second kappa shape index (κ2) is 7.25. The van der Waals surface area contributed by atoms with E-state index in [1.807, 2.05) is 0 Å². The van der Waals surface area contributed by atoms with Crippen molar-refractivity contribution in [1.82, 2.24) is 0 Å². The molecule has 16 heavy (non-hydrogen) atoms. The van der Waals surface area contributed by atoms with Crippen LogP contribution in [-0.4, -0.2) is 25.7 Å². The zero-order valence-corrected chi connectivity index (χ0v) is 10.7. The first-order chi connectivity index (χ1) is 7.35. The summed E-state index contributed by atoms with van der Waals surface area (Å²) in [5.41, 5.74) is 0.262. The molecule has 0 bridgehead atoms. The van der Waals surface area contributed by atoms with E-state index < -0.39 is 0 Å². The maximum absolute atomic E-state index is 11.2. The molecule has 0 spiro atoms. The Morgan fingerprint density at radius 1 is 1.06 bits per heavy atom. The summed E-state index contributed by atoms with van der Waals surface area (Å²) >= 11 is 0. The fraction of sp³-hybridized carbons (Fsp3) is 0.833. The van der Waals surface area contributed by atoms with Gasteiger partial charge in [-0.15, -0.1) is 0 Å². The smallest absolute Gasteiger partial charge is 0.306 e. The van der Waals surface area contributed by atoms with Crippen LogP contribution in [0.5, 0.6) is 0 Å². The number of rotatable bonds is 6. The van der Waals surface area contributed by atoms with E-state index in [-0.39, 0.29) is 30.2 Å². The molecule has 4 nitrogen and oxygen atoms in total. The van der Waals surface area contributed by atoms with Gasteiger partial charge >= 0.3 is 11.9 Å². The zero-order valence-electron chi connectivity index (χ0n) is 10.7. The van der Waals surface area contributed by atoms with Crippen molar-refractivity contribution in [2.45, 2.75) is 46.5 Å². The molecule has 0 aliphatic carbocycles. The lowest BCUT2D eigenvalue weighted by Gasteiger charge is -2.17. The number of ether oxygens (including phenoxy) is 2. The number of hydrogen-bond acceptors (Lipinski definition) is 4. The molecular weight excluding hydrogens is 208 g/mol. The molecule has 0 aliphatic heterocycles. The van der Waals surface area contributed by atoms with Crippen molar-refractivity contribution in [3.63, 3.8) is 0 Å². The van der Waals surface area contributed by atoms with Crippen LogP contribution in [0.25, 0.3) is 0 Å². The lowest BCUT2D eigenvalue weighted by molar-refractivity contribution is -0.149. The Bertz CT molecular complexity index is 228. The monoisotopic (exact) mass is 230 g/mol. The molecular formula is C12H22O4. The molecule has 0 rings (SSSR count). The van der Waals surface area contributed by atoms with Crippen LogP contribution in [0, 0.1) is 5.41 Å². The molecule has 0 saturated heterocycles. The molecule has 0 aromatic rings. The van der Waals surface area contributed by atoms with Crippen LogP contribution in [0.2, 0.25) is 0 Å². The summed E-state index contributed by atoms with van der Waals surface area (Å²) in [6.45, 7) is 6.86. The highest BCUT2D eigenvalue weighted by Crippen LogP contribution is 2.20. The first kappa shape index (κ1) is 14.9. The largest absolute Gasteiger partial charge is 0.469 e.